The Hall–Kier alpha value is -2.31. The van der Waals surface area contributed by atoms with Crippen molar-refractivity contribution < 1.29 is 37.9 Å². The molecule has 5 heterocycles. The van der Waals surface area contributed by atoms with Gasteiger partial charge >= 0.3 is 0 Å². The minimum atomic E-state index is -1.31. The van der Waals surface area contributed by atoms with Gasteiger partial charge in [0.2, 0.25) is 6.04 Å². The van der Waals surface area contributed by atoms with Crippen LogP contribution in [0.15, 0.2) is 11.8 Å². The van der Waals surface area contributed by atoms with Gasteiger partial charge in [-0.05, 0) is 58.2 Å². The first-order valence-corrected chi connectivity index (χ1v) is 19.8. The van der Waals surface area contributed by atoms with Gasteiger partial charge in [-0.25, -0.2) is 4.39 Å². The maximum absolute atomic E-state index is 16.3. The van der Waals surface area contributed by atoms with Crippen molar-refractivity contribution in [3.05, 3.63) is 21.9 Å². The van der Waals surface area contributed by atoms with Crippen molar-refractivity contribution in [2.45, 2.75) is 118 Å². The van der Waals surface area contributed by atoms with Crippen LogP contribution in [0.3, 0.4) is 0 Å². The molecule has 12 atom stereocenters. The molecule has 16 heteroatoms. The van der Waals surface area contributed by atoms with Crippen LogP contribution in [0.5, 0.6) is 0 Å². The summed E-state index contributed by atoms with van der Waals surface area (Å²) in [6.07, 6.45) is 3.61. The molecule has 0 aromatic carbocycles. The number of fused-ring (bicyclic) bond motifs is 4. The van der Waals surface area contributed by atoms with Crippen molar-refractivity contribution in [1.82, 2.24) is 30.7 Å². The second-order valence-electron chi connectivity index (χ2n) is 16.1. The zero-order chi connectivity index (χ0) is 35.8. The lowest BCUT2D eigenvalue weighted by Crippen LogP contribution is -2.75. The maximum atomic E-state index is 16.3. The zero-order valence-electron chi connectivity index (χ0n) is 30.1. The van der Waals surface area contributed by atoms with Gasteiger partial charge in [-0.1, -0.05) is 0 Å². The van der Waals surface area contributed by atoms with Gasteiger partial charge in [-0.15, -0.1) is 0 Å². The molecule has 0 bridgehead atoms. The van der Waals surface area contributed by atoms with Crippen molar-refractivity contribution >= 4 is 11.7 Å². The number of halogens is 1. The minimum Gasteiger partial charge on any atom is -0.379 e. The monoisotopic (exact) mass is 733 g/mol. The number of ether oxygens (including phenoxy) is 4. The van der Waals surface area contributed by atoms with Crippen molar-refractivity contribution in [1.29, 1.82) is 0 Å². The number of hydrogen-bond acceptors (Lipinski definition) is 13. The largest absolute Gasteiger partial charge is 0.379 e. The number of nitrogens with zero attached hydrogens (tertiary/aromatic N) is 4. The lowest BCUT2D eigenvalue weighted by molar-refractivity contribution is -0.529. The fourth-order valence-corrected chi connectivity index (χ4v) is 10.3. The standard InChI is InChI=1S/C36H56FN7O8/c37-25-18-23-33-35(32(25)38-5-1-7-41-9-13-49-14-10-41)52-31-19-27-30(51-29-17-22(44(47)48)3-4-26(29)40-27)20-28(31)43(33)21-24(34(23)45)36(46)39-6-2-8-42-11-15-50-16-12-42/h21-23,25-33,35,38,40H,1-20H2,(H,39,46). The Morgan fingerprint density at radius 1 is 0.904 bits per heavy atom. The van der Waals surface area contributed by atoms with Gasteiger partial charge in [-0.2, -0.15) is 0 Å². The highest BCUT2D eigenvalue weighted by Gasteiger charge is 2.60. The Balaban J connectivity index is 0.992. The molecule has 0 radical (unpaired) electrons. The van der Waals surface area contributed by atoms with E-state index in [0.717, 1.165) is 65.3 Å². The van der Waals surface area contributed by atoms with Crippen LogP contribution in [0.25, 0.3) is 0 Å². The van der Waals surface area contributed by atoms with Crippen LogP contribution in [0.4, 0.5) is 4.39 Å². The third-order valence-electron chi connectivity index (χ3n) is 13.0. The fraction of sp³-hybridized carbons (Fsp3) is 0.889. The van der Waals surface area contributed by atoms with Crippen LogP contribution in [-0.4, -0.2) is 177 Å². The number of alkyl halides is 1. The smallest absolute Gasteiger partial charge is 0.256 e. The summed E-state index contributed by atoms with van der Waals surface area (Å²) in [4.78, 5) is 46.1. The summed E-state index contributed by atoms with van der Waals surface area (Å²) in [5, 5.41) is 21.9. The summed E-state index contributed by atoms with van der Waals surface area (Å²) < 4.78 is 40.8. The first-order valence-electron chi connectivity index (χ1n) is 19.8. The molecular formula is C36H56FN7O8. The number of nitro groups is 1. The number of amides is 1. The Kier molecular flexibility index (Phi) is 11.4. The van der Waals surface area contributed by atoms with Crippen LogP contribution in [0.1, 0.15) is 51.4 Å². The van der Waals surface area contributed by atoms with E-state index in [1.807, 2.05) is 0 Å². The van der Waals surface area contributed by atoms with Crippen molar-refractivity contribution in [3.63, 3.8) is 0 Å². The summed E-state index contributed by atoms with van der Waals surface area (Å²) in [6, 6.07) is -1.74. The molecule has 1 amide bonds. The van der Waals surface area contributed by atoms with Gasteiger partial charge in [0.05, 0.1) is 74.5 Å². The van der Waals surface area contributed by atoms with E-state index in [2.05, 4.69) is 30.7 Å². The van der Waals surface area contributed by atoms with Crippen LogP contribution in [0.2, 0.25) is 0 Å². The zero-order valence-corrected chi connectivity index (χ0v) is 30.1. The van der Waals surface area contributed by atoms with E-state index in [9.17, 15) is 19.7 Å². The van der Waals surface area contributed by atoms with Crippen LogP contribution >= 0.6 is 0 Å². The highest BCUT2D eigenvalue weighted by Crippen LogP contribution is 2.47. The molecule has 3 N–H and O–H groups in total. The Labute approximate surface area is 304 Å². The first-order chi connectivity index (χ1) is 25.3. The van der Waals surface area contributed by atoms with E-state index >= 15 is 4.39 Å². The molecule has 0 spiro atoms. The van der Waals surface area contributed by atoms with Crippen molar-refractivity contribution in [2.75, 3.05) is 78.8 Å². The molecule has 0 aromatic heterocycles. The van der Waals surface area contributed by atoms with E-state index in [1.165, 1.54) is 0 Å². The number of Topliss-reactive ketones (excluding diaryl/α,β-unsaturated/α-hetero) is 1. The Bertz CT molecular complexity index is 1330. The molecule has 4 saturated heterocycles. The summed E-state index contributed by atoms with van der Waals surface area (Å²) >= 11 is 0. The predicted octanol–water partition coefficient (Wildman–Crippen LogP) is -0.146. The lowest BCUT2D eigenvalue weighted by Gasteiger charge is -2.61. The minimum absolute atomic E-state index is 0.00339. The topological polar surface area (TPSA) is 160 Å². The third kappa shape index (κ3) is 7.63. The number of rotatable bonds is 11. The third-order valence-corrected chi connectivity index (χ3v) is 13.0. The van der Waals surface area contributed by atoms with Crippen molar-refractivity contribution in [2.24, 2.45) is 5.92 Å². The van der Waals surface area contributed by atoms with Crippen LogP contribution < -0.4 is 16.0 Å². The summed E-state index contributed by atoms with van der Waals surface area (Å²) in [6.45, 7) is 9.24. The van der Waals surface area contributed by atoms with Gasteiger partial charge in [0.25, 0.3) is 5.91 Å². The molecule has 8 aliphatic rings. The van der Waals surface area contributed by atoms with E-state index < -0.39 is 42.2 Å². The van der Waals surface area contributed by atoms with Crippen molar-refractivity contribution in [3.8, 4) is 0 Å². The summed E-state index contributed by atoms with van der Waals surface area (Å²) in [5.74, 6) is -1.44. The summed E-state index contributed by atoms with van der Waals surface area (Å²) in [7, 11) is 0. The second-order valence-corrected chi connectivity index (χ2v) is 16.1. The highest BCUT2D eigenvalue weighted by molar-refractivity contribution is 6.20. The van der Waals surface area contributed by atoms with Gasteiger partial charge in [0.15, 0.2) is 5.78 Å². The van der Waals surface area contributed by atoms with Gasteiger partial charge in [0, 0.05) is 74.7 Å². The number of carbonyl (C=O) groups excluding carboxylic acids is 2. The Morgan fingerprint density at radius 3 is 2.31 bits per heavy atom. The van der Waals surface area contributed by atoms with Gasteiger partial charge < -0.3 is 39.8 Å². The molecule has 0 aromatic rings. The van der Waals surface area contributed by atoms with E-state index in [1.54, 1.807) is 6.20 Å². The number of hydrogen-bond donors (Lipinski definition) is 3. The van der Waals surface area contributed by atoms with Crippen LogP contribution in [-0.2, 0) is 28.5 Å². The highest BCUT2D eigenvalue weighted by atomic mass is 19.1. The predicted molar refractivity (Wildman–Crippen MR) is 186 cm³/mol. The molecule has 7 fully saturated rings. The molecule has 15 nitrogen and oxygen atoms in total. The van der Waals surface area contributed by atoms with E-state index in [4.69, 9.17) is 18.9 Å². The molecule has 290 valence electrons. The molecule has 3 aliphatic carbocycles. The quantitative estimate of drug-likeness (QED) is 0.112. The van der Waals surface area contributed by atoms with Crippen LogP contribution in [0, 0.1) is 16.0 Å². The molecule has 8 rings (SSSR count). The fourth-order valence-electron chi connectivity index (χ4n) is 10.3. The van der Waals surface area contributed by atoms with E-state index in [0.29, 0.717) is 58.4 Å². The lowest BCUT2D eigenvalue weighted by atomic mass is 9.69. The van der Waals surface area contributed by atoms with E-state index in [-0.39, 0.29) is 59.1 Å². The molecule has 12 unspecified atom stereocenters. The molecule has 5 aliphatic heterocycles. The number of nitrogens with one attached hydrogen (secondary N) is 3. The molecular weight excluding hydrogens is 677 g/mol. The second kappa shape index (κ2) is 16.2. The number of morpholine rings is 4. The SMILES string of the molecule is O=C(NCCCN1CCOCC1)C1=CN2C3CC4OC5CC([N+](=O)[O-])CCC5NC4CC3OC3C(NCCCN4CCOCC4)C(F)CC(C1=O)C32. The average Bonchev–Trinajstić information content (AvgIpc) is 3.15. The molecule has 52 heavy (non-hydrogen) atoms. The van der Waals surface area contributed by atoms with Gasteiger partial charge in [-0.3, -0.25) is 29.5 Å². The van der Waals surface area contributed by atoms with Gasteiger partial charge in [0.1, 0.15) is 6.17 Å². The normalized spacial score (nSPS) is 40.8. The number of carbonyl (C=O) groups is 2. The average molecular weight is 734 g/mol. The summed E-state index contributed by atoms with van der Waals surface area (Å²) in [5.41, 5.74) is 0.0853. The Morgan fingerprint density at radius 2 is 1.60 bits per heavy atom. The molecule has 3 saturated carbocycles. The first kappa shape index (κ1) is 36.7. The maximum Gasteiger partial charge on any atom is 0.256 e. The number of ketones is 1.